The van der Waals surface area contributed by atoms with E-state index in [1.54, 1.807) is 0 Å². The van der Waals surface area contributed by atoms with Crippen LogP contribution in [-0.4, -0.2) is 36.1 Å². The Morgan fingerprint density at radius 3 is 2.00 bits per heavy atom. The average molecular weight is 533 g/mol. The summed E-state index contributed by atoms with van der Waals surface area (Å²) < 4.78 is 0.950. The third kappa shape index (κ3) is 8.24. The van der Waals surface area contributed by atoms with E-state index in [1.807, 2.05) is 44.2 Å². The zero-order chi connectivity index (χ0) is 22.9. The largest absolute Gasteiger partial charge is 0.320 e. The molecule has 2 aromatic carbocycles. The maximum absolute atomic E-state index is 13.2. The molecule has 0 saturated carbocycles. The minimum atomic E-state index is 0. The molecule has 0 spiro atoms. The molecular formula is C27H40ClN2OY+. The number of likely N-dealkylation sites (N-methyl/N-ethyl adjacent to an activating group) is 1. The summed E-state index contributed by atoms with van der Waals surface area (Å²) in [7, 11) is 0. The van der Waals surface area contributed by atoms with E-state index in [0.29, 0.717) is 0 Å². The van der Waals surface area contributed by atoms with Crippen LogP contribution in [0.5, 0.6) is 0 Å². The molecule has 1 amide bonds. The summed E-state index contributed by atoms with van der Waals surface area (Å²) in [5.41, 5.74) is 4.31. The van der Waals surface area contributed by atoms with E-state index in [4.69, 9.17) is 11.6 Å². The van der Waals surface area contributed by atoms with Gasteiger partial charge in [0, 0.05) is 49.8 Å². The Hall–Kier alpha value is -0.736. The number of rotatable bonds is 6. The monoisotopic (exact) mass is 532 g/mol. The molecule has 1 aliphatic heterocycles. The quantitative estimate of drug-likeness (QED) is 0.396. The normalized spacial score (nSPS) is 15.6. The van der Waals surface area contributed by atoms with Gasteiger partial charge in [0.15, 0.2) is 6.04 Å². The Balaban J connectivity index is 0.000000545. The third-order valence-corrected chi connectivity index (χ3v) is 6.77. The van der Waals surface area contributed by atoms with Crippen molar-refractivity contribution in [2.24, 2.45) is 0 Å². The molecule has 1 atom stereocenters. The number of carbonyl (C=O) groups is 1. The number of hydrogen-bond acceptors (Lipinski definition) is 1. The molecule has 1 heterocycles. The van der Waals surface area contributed by atoms with Gasteiger partial charge in [-0.3, -0.25) is 4.79 Å². The van der Waals surface area contributed by atoms with Gasteiger partial charge in [-0.2, -0.15) is 0 Å². The first-order valence-corrected chi connectivity index (χ1v) is 12.2. The molecule has 5 heteroatoms. The maximum atomic E-state index is 13.2. The number of anilines is 1. The summed E-state index contributed by atoms with van der Waals surface area (Å²) in [5.74, 6) is 0.175. The second-order valence-corrected chi connectivity index (χ2v) is 9.34. The topological polar surface area (TPSA) is 29.1 Å². The van der Waals surface area contributed by atoms with Crippen molar-refractivity contribution >= 4 is 23.2 Å². The number of nitrogens with one attached hydrogen (secondary N) is 1. The van der Waals surface area contributed by atoms with E-state index in [0.717, 1.165) is 58.8 Å². The van der Waals surface area contributed by atoms with Gasteiger partial charge in [0.25, 0.3) is 5.91 Å². The van der Waals surface area contributed by atoms with Gasteiger partial charge in [-0.25, -0.2) is 0 Å². The predicted octanol–water partition coefficient (Wildman–Crippen LogP) is 7.08. The molecule has 1 unspecified atom stereocenters. The van der Waals surface area contributed by atoms with Crippen molar-refractivity contribution in [3.8, 4) is 0 Å². The summed E-state index contributed by atoms with van der Waals surface area (Å²) in [5, 5.41) is 3.96. The van der Waals surface area contributed by atoms with E-state index >= 15 is 0 Å². The molecule has 1 aliphatic rings. The van der Waals surface area contributed by atoms with Crippen molar-refractivity contribution in [2.45, 2.75) is 72.8 Å². The van der Waals surface area contributed by atoms with Crippen LogP contribution in [0.25, 0.3) is 0 Å². The number of aryl methyl sites for hydroxylation is 3. The number of quaternary nitrogens is 1. The Labute approximate surface area is 225 Å². The first-order chi connectivity index (χ1) is 14.8. The molecule has 1 fully saturated rings. The summed E-state index contributed by atoms with van der Waals surface area (Å²) >= 11 is 6.12. The fourth-order valence-electron chi connectivity index (χ4n) is 4.77. The van der Waals surface area contributed by atoms with Crippen molar-refractivity contribution < 1.29 is 42.0 Å². The molecule has 0 aliphatic carbocycles. The molecule has 3 nitrogen and oxygen atoms in total. The van der Waals surface area contributed by atoms with Crippen LogP contribution >= 0.6 is 11.6 Å². The Bertz CT molecular complexity index is 812. The van der Waals surface area contributed by atoms with Gasteiger partial charge in [0.05, 0.1) is 19.6 Å². The second kappa shape index (κ2) is 14.5. The first-order valence-electron chi connectivity index (χ1n) is 11.8. The van der Waals surface area contributed by atoms with Gasteiger partial charge in [-0.1, -0.05) is 54.4 Å². The van der Waals surface area contributed by atoms with Crippen LogP contribution in [0.3, 0.4) is 0 Å². The van der Waals surface area contributed by atoms with Crippen LogP contribution in [-0.2, 0) is 37.5 Å². The number of benzene rings is 2. The van der Waals surface area contributed by atoms with Gasteiger partial charge in [-0.05, 0) is 76.6 Å². The van der Waals surface area contributed by atoms with Gasteiger partial charge in [-0.15, -0.1) is 0 Å². The Kier molecular flexibility index (Phi) is 13.3. The Morgan fingerprint density at radius 1 is 1.00 bits per heavy atom. The SMILES string of the molecule is CCCC(C(=O)Nc1c(C)cc(Cl)cc1C)[N+]1(CC)CCCCC1.Cc1ccccc1.[Y]. The fraction of sp³-hybridized carbons (Fsp3) is 0.519. The van der Waals surface area contributed by atoms with E-state index < -0.39 is 0 Å². The summed E-state index contributed by atoms with van der Waals surface area (Å²) in [6.07, 6.45) is 5.76. The van der Waals surface area contributed by atoms with Crippen LogP contribution in [0.15, 0.2) is 42.5 Å². The van der Waals surface area contributed by atoms with Gasteiger partial charge < -0.3 is 9.80 Å². The molecular weight excluding hydrogens is 493 g/mol. The van der Waals surface area contributed by atoms with Gasteiger partial charge >= 0.3 is 0 Å². The number of amides is 1. The fourth-order valence-corrected chi connectivity index (χ4v) is 5.09. The molecule has 32 heavy (non-hydrogen) atoms. The zero-order valence-corrected chi connectivity index (χ0v) is 24.2. The molecule has 0 bridgehead atoms. The molecule has 3 rings (SSSR count). The standard InChI is InChI=1S/C20H31ClN2O.C7H8.Y/c1-5-10-18(23(6-2)11-8-7-9-12-23)20(24)22-19-15(3)13-17(21)14-16(19)4;1-7-5-3-2-4-6-7;/h13-14,18H,5-12H2,1-4H3;2-6H,1H3;/p+1. The molecule has 1 N–H and O–H groups in total. The van der Waals surface area contributed by atoms with Crippen molar-refractivity contribution in [1.82, 2.24) is 0 Å². The predicted molar refractivity (Wildman–Crippen MR) is 134 cm³/mol. The van der Waals surface area contributed by atoms with Crippen LogP contribution in [0.4, 0.5) is 5.69 Å². The van der Waals surface area contributed by atoms with Crippen LogP contribution < -0.4 is 5.32 Å². The smallest absolute Gasteiger partial charge is 0.282 e. The van der Waals surface area contributed by atoms with Crippen LogP contribution in [0, 0.1) is 20.8 Å². The van der Waals surface area contributed by atoms with Crippen molar-refractivity contribution in [1.29, 1.82) is 0 Å². The van der Waals surface area contributed by atoms with Crippen molar-refractivity contribution in [3.05, 3.63) is 64.2 Å². The minimum absolute atomic E-state index is 0. The molecule has 1 radical (unpaired) electrons. The summed E-state index contributed by atoms with van der Waals surface area (Å²) in [6.45, 7) is 13.8. The molecule has 0 aromatic heterocycles. The zero-order valence-electron chi connectivity index (χ0n) is 20.6. The van der Waals surface area contributed by atoms with Gasteiger partial charge in [0.2, 0.25) is 0 Å². The number of hydrogen-bond donors (Lipinski definition) is 1. The number of carbonyl (C=O) groups excluding carboxylic acids is 1. The number of likely N-dealkylation sites (tertiary alicyclic amines) is 1. The molecule has 1 saturated heterocycles. The summed E-state index contributed by atoms with van der Waals surface area (Å²) in [6, 6.07) is 14.2. The third-order valence-electron chi connectivity index (χ3n) is 6.55. The van der Waals surface area contributed by atoms with Crippen LogP contribution in [0.1, 0.15) is 62.6 Å². The Morgan fingerprint density at radius 2 is 1.56 bits per heavy atom. The van der Waals surface area contributed by atoms with Gasteiger partial charge in [0.1, 0.15) is 0 Å². The van der Waals surface area contributed by atoms with Crippen molar-refractivity contribution in [2.75, 3.05) is 25.0 Å². The maximum Gasteiger partial charge on any atom is 0.282 e. The second-order valence-electron chi connectivity index (χ2n) is 8.91. The average Bonchev–Trinajstić information content (AvgIpc) is 2.76. The summed E-state index contributed by atoms with van der Waals surface area (Å²) in [4.78, 5) is 13.2. The van der Waals surface area contributed by atoms with Crippen LogP contribution in [0.2, 0.25) is 5.02 Å². The number of halogens is 1. The first kappa shape index (κ1) is 29.3. The number of piperidine rings is 1. The number of nitrogens with zero attached hydrogens (tertiary/aromatic N) is 1. The molecule has 2 aromatic rings. The van der Waals surface area contributed by atoms with E-state index in [-0.39, 0.29) is 44.7 Å². The minimum Gasteiger partial charge on any atom is -0.320 e. The van der Waals surface area contributed by atoms with E-state index in [2.05, 4.69) is 38.2 Å². The van der Waals surface area contributed by atoms with E-state index in [9.17, 15) is 4.79 Å². The van der Waals surface area contributed by atoms with Crippen molar-refractivity contribution in [3.63, 3.8) is 0 Å². The molecule has 173 valence electrons. The van der Waals surface area contributed by atoms with E-state index in [1.165, 1.54) is 24.8 Å².